The van der Waals surface area contributed by atoms with E-state index in [9.17, 15) is 22.9 Å². The smallest absolute Gasteiger partial charge is 0.266 e. The van der Waals surface area contributed by atoms with Crippen LogP contribution < -0.4 is 5.32 Å². The van der Waals surface area contributed by atoms with Crippen LogP contribution in [0.2, 0.25) is 0 Å². The number of allylic oxidation sites excluding steroid dienone is 9. The van der Waals surface area contributed by atoms with Gasteiger partial charge in [0.25, 0.3) is 10.1 Å². The maximum atomic E-state index is 12.4. The van der Waals surface area contributed by atoms with Crippen molar-refractivity contribution in [3.8, 4) is 0 Å². The molecule has 0 spiro atoms. The number of carbonyl (C=O) groups is 1. The van der Waals surface area contributed by atoms with Crippen LogP contribution in [0.4, 0.5) is 0 Å². The van der Waals surface area contributed by atoms with Gasteiger partial charge in [-0.1, -0.05) is 171 Å². The number of carbonyl (C=O) groups excluding carboxylic acids is 1. The molecule has 0 rings (SSSR count). The quantitative estimate of drug-likeness (QED) is 0.0394. The first-order valence-corrected chi connectivity index (χ1v) is 19.6. The molecule has 0 heterocycles. The van der Waals surface area contributed by atoms with E-state index in [0.717, 1.165) is 44.9 Å². The van der Waals surface area contributed by atoms with Crippen LogP contribution in [0.5, 0.6) is 0 Å². The van der Waals surface area contributed by atoms with E-state index >= 15 is 0 Å². The zero-order chi connectivity index (χ0) is 33.3. The second kappa shape index (κ2) is 32.0. The molecule has 0 fully saturated rings. The molecule has 0 saturated carbocycles. The number of rotatable bonds is 31. The molecule has 3 N–H and O–H groups in total. The van der Waals surface area contributed by atoms with Crippen LogP contribution in [0.25, 0.3) is 0 Å². The van der Waals surface area contributed by atoms with Gasteiger partial charge in [0.2, 0.25) is 5.91 Å². The number of amides is 1. The molecule has 0 aliphatic rings. The fraction of sp³-hybridized carbons (Fsp3) is 0.711. The lowest BCUT2D eigenvalue weighted by atomic mass is 10.0. The Morgan fingerprint density at radius 1 is 0.600 bits per heavy atom. The summed E-state index contributed by atoms with van der Waals surface area (Å²) in [5.74, 6) is -1.06. The minimum absolute atomic E-state index is 0.0845. The van der Waals surface area contributed by atoms with Crippen molar-refractivity contribution < 1.29 is 22.9 Å². The summed E-state index contributed by atoms with van der Waals surface area (Å²) in [6.45, 7) is 4.38. The van der Waals surface area contributed by atoms with Crippen LogP contribution in [-0.2, 0) is 14.9 Å². The molecular formula is C38H67NO5S. The third kappa shape index (κ3) is 33.2. The molecule has 0 aromatic rings. The summed E-state index contributed by atoms with van der Waals surface area (Å²) in [5.41, 5.74) is 0. The molecule has 0 aromatic heterocycles. The summed E-state index contributed by atoms with van der Waals surface area (Å²) in [6, 6.07) is -1.03. The van der Waals surface area contributed by atoms with Crippen molar-refractivity contribution in [2.24, 2.45) is 0 Å². The molecule has 1 amide bonds. The van der Waals surface area contributed by atoms with E-state index in [2.05, 4.69) is 61.7 Å². The number of aliphatic hydroxyl groups is 1. The summed E-state index contributed by atoms with van der Waals surface area (Å²) in [6.07, 6.45) is 43.3. The molecule has 0 aliphatic heterocycles. The fourth-order valence-electron chi connectivity index (χ4n) is 5.11. The number of hydrogen-bond donors (Lipinski definition) is 3. The minimum atomic E-state index is -4.34. The van der Waals surface area contributed by atoms with E-state index in [-0.39, 0.29) is 12.3 Å². The monoisotopic (exact) mass is 649 g/mol. The van der Waals surface area contributed by atoms with Gasteiger partial charge in [0, 0.05) is 6.42 Å². The van der Waals surface area contributed by atoms with E-state index in [1.165, 1.54) is 77.0 Å². The zero-order valence-corrected chi connectivity index (χ0v) is 29.5. The Morgan fingerprint density at radius 3 is 1.38 bits per heavy atom. The molecule has 6 nitrogen and oxygen atoms in total. The first-order chi connectivity index (χ1) is 21.8. The van der Waals surface area contributed by atoms with Gasteiger partial charge < -0.3 is 10.4 Å². The second-order valence-electron chi connectivity index (χ2n) is 12.1. The van der Waals surface area contributed by atoms with Crippen molar-refractivity contribution in [3.05, 3.63) is 60.8 Å². The number of nitrogens with one attached hydrogen (secondary N) is 1. The first kappa shape index (κ1) is 43.0. The molecule has 0 saturated heterocycles. The van der Waals surface area contributed by atoms with Crippen LogP contribution in [0.1, 0.15) is 155 Å². The highest BCUT2D eigenvalue weighted by Gasteiger charge is 2.25. The lowest BCUT2D eigenvalue weighted by Gasteiger charge is -2.23. The molecule has 7 heteroatoms. The van der Waals surface area contributed by atoms with Gasteiger partial charge in [-0.3, -0.25) is 9.35 Å². The summed E-state index contributed by atoms with van der Waals surface area (Å²) in [7, 11) is -4.34. The normalized spacial score (nSPS) is 14.1. The number of aliphatic hydroxyl groups excluding tert-OH is 1. The fourth-order valence-corrected chi connectivity index (χ4v) is 5.87. The maximum absolute atomic E-state index is 12.4. The highest BCUT2D eigenvalue weighted by atomic mass is 32.2. The van der Waals surface area contributed by atoms with Gasteiger partial charge in [-0.05, 0) is 38.5 Å². The molecular weight excluding hydrogens is 582 g/mol. The van der Waals surface area contributed by atoms with Crippen LogP contribution >= 0.6 is 0 Å². The standard InChI is InChI=1S/C38H67NO5S/c1-3-5-7-9-11-13-15-17-19-21-23-25-27-29-31-33-37(40)36(35-45(42,43)44)39-38(41)34-32-30-28-26-24-22-20-18-16-14-12-10-8-6-4-2/h6,8,12,14,18,20,24,26,30,32,36-37,40H,3-5,7,9-11,13,15-17,19,21-23,25,27-29,31,33-35H2,1-2H3,(H,39,41)(H,42,43,44)/b8-6-,14-12-,20-18-,26-24-,32-30-. The van der Waals surface area contributed by atoms with E-state index in [0.29, 0.717) is 12.8 Å². The number of unbranched alkanes of at least 4 members (excludes halogenated alkanes) is 14. The van der Waals surface area contributed by atoms with Crippen molar-refractivity contribution in [3.63, 3.8) is 0 Å². The molecule has 0 radical (unpaired) electrons. The Labute approximate surface area is 277 Å². The summed E-state index contributed by atoms with van der Waals surface area (Å²) in [4.78, 5) is 12.4. The van der Waals surface area contributed by atoms with Crippen molar-refractivity contribution in [2.45, 2.75) is 167 Å². The van der Waals surface area contributed by atoms with Gasteiger partial charge in [-0.2, -0.15) is 8.42 Å². The molecule has 2 atom stereocenters. The zero-order valence-electron chi connectivity index (χ0n) is 28.7. The minimum Gasteiger partial charge on any atom is -0.391 e. The lowest BCUT2D eigenvalue weighted by molar-refractivity contribution is -0.121. The third-order valence-electron chi connectivity index (χ3n) is 7.77. The molecule has 0 aliphatic carbocycles. The Morgan fingerprint density at radius 2 is 0.978 bits per heavy atom. The average Bonchev–Trinajstić information content (AvgIpc) is 3.00. The molecule has 260 valence electrons. The Kier molecular flexibility index (Phi) is 30.6. The van der Waals surface area contributed by atoms with Crippen LogP contribution in [-0.4, -0.2) is 41.9 Å². The van der Waals surface area contributed by atoms with Crippen molar-refractivity contribution in [1.82, 2.24) is 5.32 Å². The van der Waals surface area contributed by atoms with Crippen molar-refractivity contribution in [1.29, 1.82) is 0 Å². The van der Waals surface area contributed by atoms with E-state index in [1.807, 2.05) is 12.2 Å². The van der Waals surface area contributed by atoms with Crippen LogP contribution in [0.15, 0.2) is 60.8 Å². The number of hydrogen-bond acceptors (Lipinski definition) is 4. The summed E-state index contributed by atoms with van der Waals surface area (Å²) in [5, 5.41) is 13.2. The van der Waals surface area contributed by atoms with E-state index in [4.69, 9.17) is 0 Å². The lowest BCUT2D eigenvalue weighted by Crippen LogP contribution is -2.47. The molecule has 45 heavy (non-hydrogen) atoms. The van der Waals surface area contributed by atoms with Crippen LogP contribution in [0, 0.1) is 0 Å². The molecule has 0 aromatic carbocycles. The molecule has 0 bridgehead atoms. The topological polar surface area (TPSA) is 104 Å². The second-order valence-corrected chi connectivity index (χ2v) is 13.6. The van der Waals surface area contributed by atoms with Gasteiger partial charge in [-0.15, -0.1) is 0 Å². The summed E-state index contributed by atoms with van der Waals surface area (Å²) < 4.78 is 32.4. The van der Waals surface area contributed by atoms with Gasteiger partial charge >= 0.3 is 0 Å². The average molecular weight is 650 g/mol. The van der Waals surface area contributed by atoms with Gasteiger partial charge in [0.15, 0.2) is 0 Å². The predicted molar refractivity (Wildman–Crippen MR) is 193 cm³/mol. The van der Waals surface area contributed by atoms with E-state index in [1.54, 1.807) is 6.08 Å². The van der Waals surface area contributed by atoms with Crippen molar-refractivity contribution >= 4 is 16.0 Å². The first-order valence-electron chi connectivity index (χ1n) is 18.0. The van der Waals surface area contributed by atoms with Crippen LogP contribution in [0.3, 0.4) is 0 Å². The Balaban J connectivity index is 4.10. The highest BCUT2D eigenvalue weighted by molar-refractivity contribution is 7.85. The van der Waals surface area contributed by atoms with Crippen molar-refractivity contribution in [2.75, 3.05) is 5.75 Å². The van der Waals surface area contributed by atoms with Gasteiger partial charge in [-0.25, -0.2) is 0 Å². The third-order valence-corrected chi connectivity index (χ3v) is 8.55. The Bertz CT molecular complexity index is 936. The highest BCUT2D eigenvalue weighted by Crippen LogP contribution is 2.15. The van der Waals surface area contributed by atoms with Gasteiger partial charge in [0.05, 0.1) is 17.9 Å². The SMILES string of the molecule is CC/C=C\C/C=C\C/C=C\C/C=C\C/C=C\CC(=O)NC(CS(=O)(=O)O)C(O)CCCCCCCCCCCCCCCCC. The molecule has 2 unspecified atom stereocenters. The van der Waals surface area contributed by atoms with Gasteiger partial charge in [0.1, 0.15) is 0 Å². The predicted octanol–water partition coefficient (Wildman–Crippen LogP) is 10.1. The Hall–Kier alpha value is -1.96. The summed E-state index contributed by atoms with van der Waals surface area (Å²) >= 11 is 0. The van der Waals surface area contributed by atoms with E-state index < -0.39 is 28.0 Å². The maximum Gasteiger partial charge on any atom is 0.266 e. The largest absolute Gasteiger partial charge is 0.391 e.